The lowest BCUT2D eigenvalue weighted by atomic mass is 10.0. The Balaban J connectivity index is 1.60. The van der Waals surface area contributed by atoms with Gasteiger partial charge in [-0.1, -0.05) is 41.7 Å². The average molecular weight is 385 g/mol. The van der Waals surface area contributed by atoms with Gasteiger partial charge in [0.2, 0.25) is 16.0 Å². The maximum absolute atomic E-state index is 13.1. The monoisotopic (exact) mass is 385 g/mol. The smallest absolute Gasteiger partial charge is 0.275 e. The first-order valence-corrected chi connectivity index (χ1v) is 9.54. The zero-order valence-electron chi connectivity index (χ0n) is 14.6. The van der Waals surface area contributed by atoms with Gasteiger partial charge in [0.05, 0.1) is 13.2 Å². The van der Waals surface area contributed by atoms with Gasteiger partial charge in [0, 0.05) is 31.8 Å². The molecule has 1 aliphatic heterocycles. The first-order chi connectivity index (χ1) is 13.2. The Bertz CT molecular complexity index is 981. The molecule has 1 atom stereocenters. The quantitative estimate of drug-likeness (QED) is 0.706. The van der Waals surface area contributed by atoms with Gasteiger partial charge >= 0.3 is 0 Å². The second kappa shape index (κ2) is 7.85. The predicted octanol–water partition coefficient (Wildman–Crippen LogP) is 1.03. The Labute approximate surface area is 159 Å². The number of rotatable bonds is 5. The molecule has 4 rings (SSSR count). The van der Waals surface area contributed by atoms with Crippen molar-refractivity contribution in [2.45, 2.75) is 12.5 Å². The number of carbonyl (C=O) groups excluding carboxylic acids is 1. The van der Waals surface area contributed by atoms with Crippen molar-refractivity contribution in [1.29, 1.82) is 0 Å². The molecule has 140 valence electrons. The molecule has 1 fully saturated rings. The molecule has 8 nitrogen and oxygen atoms in total. The lowest BCUT2D eigenvalue weighted by molar-refractivity contribution is -0.136. The molecule has 1 N–H and O–H groups in total. The summed E-state index contributed by atoms with van der Waals surface area (Å²) in [7, 11) is 0. The van der Waals surface area contributed by atoms with E-state index in [4.69, 9.17) is 4.74 Å². The van der Waals surface area contributed by atoms with Crippen molar-refractivity contribution in [1.82, 2.24) is 19.5 Å². The Morgan fingerprint density at radius 3 is 2.74 bits per heavy atom. The number of aromatic nitrogens is 3. The largest absolute Gasteiger partial charge is 0.378 e. The number of benzene rings is 1. The highest BCUT2D eigenvalue weighted by Crippen LogP contribution is 2.19. The van der Waals surface area contributed by atoms with Crippen LogP contribution in [0.4, 0.5) is 5.13 Å². The highest BCUT2D eigenvalue weighted by atomic mass is 32.1. The van der Waals surface area contributed by atoms with E-state index in [0.717, 1.165) is 5.56 Å². The summed E-state index contributed by atoms with van der Waals surface area (Å²) in [5.74, 6) is 0.00159. The minimum Gasteiger partial charge on any atom is -0.378 e. The number of nitrogens with one attached hydrogen (secondary N) is 1. The molecule has 1 saturated heterocycles. The highest BCUT2D eigenvalue weighted by molar-refractivity contribution is 7.20. The van der Waals surface area contributed by atoms with Crippen molar-refractivity contribution in [3.63, 3.8) is 0 Å². The van der Waals surface area contributed by atoms with Gasteiger partial charge in [-0.05, 0) is 5.56 Å². The second-order valence-electron chi connectivity index (χ2n) is 6.21. The molecule has 1 aliphatic rings. The van der Waals surface area contributed by atoms with Crippen LogP contribution >= 0.6 is 11.3 Å². The molecule has 0 saturated carbocycles. The number of carbonyl (C=O) groups is 1. The molecular formula is C18H19N5O3S. The third-order valence-corrected chi connectivity index (χ3v) is 5.23. The van der Waals surface area contributed by atoms with Gasteiger partial charge in [0.25, 0.3) is 5.56 Å². The summed E-state index contributed by atoms with van der Waals surface area (Å²) < 4.78 is 6.59. The van der Waals surface area contributed by atoms with Crippen LogP contribution in [0, 0.1) is 0 Å². The van der Waals surface area contributed by atoms with E-state index in [1.165, 1.54) is 28.1 Å². The van der Waals surface area contributed by atoms with E-state index in [2.05, 4.69) is 15.4 Å². The molecule has 1 unspecified atom stereocenters. The maximum Gasteiger partial charge on any atom is 0.275 e. The van der Waals surface area contributed by atoms with Gasteiger partial charge in [-0.2, -0.15) is 4.52 Å². The number of nitrogens with zero attached hydrogens (tertiary/aromatic N) is 4. The van der Waals surface area contributed by atoms with Crippen LogP contribution in [0.25, 0.3) is 4.96 Å². The highest BCUT2D eigenvalue weighted by Gasteiger charge is 2.27. The number of amides is 1. The Morgan fingerprint density at radius 1 is 1.22 bits per heavy atom. The van der Waals surface area contributed by atoms with Crippen molar-refractivity contribution in [3.8, 4) is 0 Å². The molecule has 3 heterocycles. The minimum absolute atomic E-state index is 0.00159. The fraction of sp³-hybridized carbons (Fsp3) is 0.333. The van der Waals surface area contributed by atoms with Gasteiger partial charge in [-0.15, -0.1) is 5.10 Å². The second-order valence-corrected chi connectivity index (χ2v) is 7.16. The summed E-state index contributed by atoms with van der Waals surface area (Å²) in [6.45, 7) is 2.24. The van der Waals surface area contributed by atoms with Crippen LogP contribution in [0.3, 0.4) is 0 Å². The summed E-state index contributed by atoms with van der Waals surface area (Å²) >= 11 is 1.25. The Kier molecular flexibility index (Phi) is 5.12. The lowest BCUT2D eigenvalue weighted by Crippen LogP contribution is -2.48. The fourth-order valence-corrected chi connectivity index (χ4v) is 3.83. The van der Waals surface area contributed by atoms with E-state index < -0.39 is 6.04 Å². The summed E-state index contributed by atoms with van der Waals surface area (Å²) in [4.78, 5) is 31.4. The molecule has 27 heavy (non-hydrogen) atoms. The summed E-state index contributed by atoms with van der Waals surface area (Å²) in [5, 5.41) is 7.99. The first kappa shape index (κ1) is 17.6. The van der Waals surface area contributed by atoms with Crippen LogP contribution in [0.1, 0.15) is 5.56 Å². The van der Waals surface area contributed by atoms with Gasteiger partial charge in [0.1, 0.15) is 6.04 Å². The van der Waals surface area contributed by atoms with Crippen LogP contribution in [-0.4, -0.2) is 57.8 Å². The standard InChI is InChI=1S/C18H19N5O3S/c24-15-6-7-19-18-23(15)21-17(27-18)20-14(12-13-4-2-1-3-5-13)16(25)22-8-10-26-11-9-22/h1-7,14H,8-12H2,(H,20,21). The van der Waals surface area contributed by atoms with Crippen LogP contribution in [0.5, 0.6) is 0 Å². The van der Waals surface area contributed by atoms with Crippen LogP contribution in [0.2, 0.25) is 0 Å². The fourth-order valence-electron chi connectivity index (χ4n) is 3.01. The number of fused-ring (bicyclic) bond motifs is 1. The van der Waals surface area contributed by atoms with Crippen molar-refractivity contribution >= 4 is 27.3 Å². The third-order valence-electron chi connectivity index (χ3n) is 4.37. The summed E-state index contributed by atoms with van der Waals surface area (Å²) in [6, 6.07) is 10.7. The van der Waals surface area contributed by atoms with E-state index >= 15 is 0 Å². The summed E-state index contributed by atoms with van der Waals surface area (Å²) in [6.07, 6.45) is 1.98. The molecule has 0 radical (unpaired) electrons. The SMILES string of the molecule is O=C(C(Cc1ccccc1)Nc1nn2c(=O)ccnc2s1)N1CCOCC1. The van der Waals surface area contributed by atoms with Crippen molar-refractivity contribution in [2.75, 3.05) is 31.6 Å². The molecule has 3 aromatic rings. The number of hydrogen-bond donors (Lipinski definition) is 1. The molecule has 0 aliphatic carbocycles. The van der Waals surface area contributed by atoms with Crippen LogP contribution in [0.15, 0.2) is 47.4 Å². The van der Waals surface area contributed by atoms with Gasteiger partial charge in [0.15, 0.2) is 0 Å². The minimum atomic E-state index is -0.484. The molecular weight excluding hydrogens is 366 g/mol. The lowest BCUT2D eigenvalue weighted by Gasteiger charge is -2.30. The van der Waals surface area contributed by atoms with E-state index in [9.17, 15) is 9.59 Å². The van der Waals surface area contributed by atoms with E-state index in [1.807, 2.05) is 35.2 Å². The zero-order chi connectivity index (χ0) is 18.6. The van der Waals surface area contributed by atoms with Gasteiger partial charge < -0.3 is 15.0 Å². The van der Waals surface area contributed by atoms with Crippen LogP contribution in [-0.2, 0) is 16.0 Å². The van der Waals surface area contributed by atoms with Crippen molar-refractivity contribution in [3.05, 3.63) is 58.5 Å². The molecule has 2 aromatic heterocycles. The Hall–Kier alpha value is -2.78. The van der Waals surface area contributed by atoms with Crippen LogP contribution < -0.4 is 10.9 Å². The third kappa shape index (κ3) is 3.99. The maximum atomic E-state index is 13.1. The van der Waals surface area contributed by atoms with Gasteiger partial charge in [-0.3, -0.25) is 9.59 Å². The normalized spacial score (nSPS) is 15.6. The molecule has 0 spiro atoms. The Morgan fingerprint density at radius 2 is 2.00 bits per heavy atom. The molecule has 0 bridgehead atoms. The zero-order valence-corrected chi connectivity index (χ0v) is 15.4. The number of hydrogen-bond acceptors (Lipinski definition) is 7. The molecule has 9 heteroatoms. The predicted molar refractivity (Wildman–Crippen MR) is 102 cm³/mol. The topological polar surface area (TPSA) is 88.8 Å². The van der Waals surface area contributed by atoms with Crippen molar-refractivity contribution < 1.29 is 9.53 Å². The number of ether oxygens (including phenoxy) is 1. The van der Waals surface area contributed by atoms with E-state index in [-0.39, 0.29) is 11.5 Å². The molecule has 1 amide bonds. The first-order valence-electron chi connectivity index (χ1n) is 8.72. The number of anilines is 1. The number of morpholine rings is 1. The summed E-state index contributed by atoms with van der Waals surface area (Å²) in [5.41, 5.74) is 0.802. The van der Waals surface area contributed by atoms with E-state index in [0.29, 0.717) is 42.8 Å². The molecule has 1 aromatic carbocycles. The van der Waals surface area contributed by atoms with Crippen molar-refractivity contribution in [2.24, 2.45) is 0 Å². The average Bonchev–Trinajstić information content (AvgIpc) is 3.12. The van der Waals surface area contributed by atoms with E-state index in [1.54, 1.807) is 0 Å². The van der Waals surface area contributed by atoms with Gasteiger partial charge in [-0.25, -0.2) is 4.98 Å².